The molecule has 5 nitrogen and oxygen atoms in total. The lowest BCUT2D eigenvalue weighted by molar-refractivity contribution is 0.101. The van der Waals surface area contributed by atoms with E-state index in [1.165, 1.54) is 0 Å². The van der Waals surface area contributed by atoms with E-state index in [4.69, 9.17) is 14.7 Å². The van der Waals surface area contributed by atoms with Gasteiger partial charge in [0, 0.05) is 35.3 Å². The van der Waals surface area contributed by atoms with Gasteiger partial charge in [0.1, 0.15) is 17.6 Å². The fourth-order valence-corrected chi connectivity index (χ4v) is 3.26. The van der Waals surface area contributed by atoms with Gasteiger partial charge >= 0.3 is 0 Å². The van der Waals surface area contributed by atoms with Gasteiger partial charge in [0.2, 0.25) is 5.78 Å². The first-order chi connectivity index (χ1) is 12.6. The first kappa shape index (κ1) is 16.0. The number of nitriles is 1. The summed E-state index contributed by atoms with van der Waals surface area (Å²) in [5.41, 5.74) is 3.24. The summed E-state index contributed by atoms with van der Waals surface area (Å²) >= 11 is 0. The molecule has 0 atom stereocenters. The molecule has 0 unspecified atom stereocenters. The van der Waals surface area contributed by atoms with E-state index >= 15 is 0 Å². The molecule has 0 radical (unpaired) electrons. The number of aromatic nitrogens is 1. The van der Waals surface area contributed by atoms with Gasteiger partial charge in [0.15, 0.2) is 12.4 Å². The molecule has 1 aliphatic heterocycles. The van der Waals surface area contributed by atoms with Crippen molar-refractivity contribution in [3.8, 4) is 17.6 Å². The molecule has 0 fully saturated rings. The van der Waals surface area contributed by atoms with Crippen LogP contribution in [0.2, 0.25) is 0 Å². The molecule has 26 heavy (non-hydrogen) atoms. The van der Waals surface area contributed by atoms with Crippen molar-refractivity contribution in [2.75, 3.05) is 6.61 Å². The molecule has 0 saturated heterocycles. The third-order valence-electron chi connectivity index (χ3n) is 4.54. The molecule has 0 N–H and O–H groups in total. The van der Waals surface area contributed by atoms with Crippen LogP contribution in [0.4, 0.5) is 0 Å². The number of Topliss-reactive ketones (excluding diaryl/α,β-unsaturated/α-hetero) is 1. The summed E-state index contributed by atoms with van der Waals surface area (Å²) in [6, 6.07) is 13.3. The number of carbonyl (C=O) groups excluding carboxylic acids is 1. The lowest BCUT2D eigenvalue weighted by Gasteiger charge is -2.08. The van der Waals surface area contributed by atoms with Crippen LogP contribution in [0.25, 0.3) is 17.0 Å². The van der Waals surface area contributed by atoms with Gasteiger partial charge in [-0.25, -0.2) is 0 Å². The monoisotopic (exact) mass is 344 g/mol. The lowest BCUT2D eigenvalue weighted by atomic mass is 10.1. The lowest BCUT2D eigenvalue weighted by Crippen LogP contribution is -1.98. The topological polar surface area (TPSA) is 64.2 Å². The molecule has 0 saturated carbocycles. The quantitative estimate of drug-likeness (QED) is 0.674. The molecule has 1 aromatic heterocycles. The van der Waals surface area contributed by atoms with Crippen LogP contribution in [0.15, 0.2) is 48.4 Å². The first-order valence-corrected chi connectivity index (χ1v) is 8.22. The van der Waals surface area contributed by atoms with Crippen LogP contribution in [0, 0.1) is 18.3 Å². The Bertz CT molecular complexity index is 1120. The number of carbonyl (C=O) groups is 1. The zero-order valence-electron chi connectivity index (χ0n) is 14.4. The third kappa shape index (κ3) is 2.44. The average Bonchev–Trinajstić information content (AvgIpc) is 3.14. The van der Waals surface area contributed by atoms with E-state index in [-0.39, 0.29) is 18.1 Å². The third-order valence-corrected chi connectivity index (χ3v) is 4.54. The van der Waals surface area contributed by atoms with Crippen molar-refractivity contribution in [2.24, 2.45) is 7.05 Å². The maximum atomic E-state index is 12.7. The number of nitrogens with zero attached hydrogens (tertiary/aromatic N) is 2. The molecule has 0 amide bonds. The fourth-order valence-electron chi connectivity index (χ4n) is 3.26. The van der Waals surface area contributed by atoms with Crippen LogP contribution < -0.4 is 9.47 Å². The second kappa shape index (κ2) is 6.08. The van der Waals surface area contributed by atoms with E-state index in [0.29, 0.717) is 22.6 Å². The Balaban J connectivity index is 1.75. The second-order valence-electron chi connectivity index (χ2n) is 6.16. The number of rotatable bonds is 3. The van der Waals surface area contributed by atoms with Crippen LogP contribution in [0.3, 0.4) is 0 Å². The molecule has 5 heteroatoms. The van der Waals surface area contributed by atoms with Crippen molar-refractivity contribution in [1.82, 2.24) is 4.57 Å². The number of ether oxygens (including phenoxy) is 2. The van der Waals surface area contributed by atoms with Crippen LogP contribution in [-0.4, -0.2) is 17.0 Å². The zero-order valence-corrected chi connectivity index (χ0v) is 14.4. The second-order valence-corrected chi connectivity index (χ2v) is 6.16. The van der Waals surface area contributed by atoms with E-state index in [9.17, 15) is 4.79 Å². The van der Waals surface area contributed by atoms with Gasteiger partial charge in [0.25, 0.3) is 0 Å². The average molecular weight is 344 g/mol. The molecule has 1 aliphatic rings. The zero-order chi connectivity index (χ0) is 18.3. The van der Waals surface area contributed by atoms with Crippen molar-refractivity contribution in [3.05, 3.63) is 65.0 Å². The Labute approximate surface area is 150 Å². The van der Waals surface area contributed by atoms with Crippen molar-refractivity contribution in [2.45, 2.75) is 6.92 Å². The summed E-state index contributed by atoms with van der Waals surface area (Å²) in [4.78, 5) is 12.7. The number of aryl methyl sites for hydroxylation is 1. The summed E-state index contributed by atoms with van der Waals surface area (Å²) in [6.45, 7) is 1.77. The molecule has 0 spiro atoms. The Hall–Kier alpha value is -3.52. The number of hydrogen-bond donors (Lipinski definition) is 0. The number of fused-ring (bicyclic) bond motifs is 2. The Morgan fingerprint density at radius 1 is 1.27 bits per heavy atom. The van der Waals surface area contributed by atoms with E-state index in [1.807, 2.05) is 55.1 Å². The van der Waals surface area contributed by atoms with Gasteiger partial charge in [-0.3, -0.25) is 4.79 Å². The minimum absolute atomic E-state index is 0.0493. The van der Waals surface area contributed by atoms with Crippen molar-refractivity contribution >= 4 is 22.8 Å². The Kier molecular flexibility index (Phi) is 3.74. The highest BCUT2D eigenvalue weighted by Crippen LogP contribution is 2.39. The minimum atomic E-state index is -0.150. The highest BCUT2D eigenvalue weighted by molar-refractivity contribution is 6.15. The maximum Gasteiger partial charge on any atom is 0.231 e. The smallest absolute Gasteiger partial charge is 0.231 e. The number of benzene rings is 2. The van der Waals surface area contributed by atoms with Crippen LogP contribution >= 0.6 is 0 Å². The van der Waals surface area contributed by atoms with E-state index < -0.39 is 0 Å². The Morgan fingerprint density at radius 2 is 2.08 bits per heavy atom. The van der Waals surface area contributed by atoms with Gasteiger partial charge in [0.05, 0.1) is 5.56 Å². The van der Waals surface area contributed by atoms with Crippen LogP contribution in [0.1, 0.15) is 21.5 Å². The van der Waals surface area contributed by atoms with E-state index in [0.717, 1.165) is 16.5 Å². The fraction of sp³-hybridized carbons (Fsp3) is 0.143. The molecule has 3 aromatic rings. The number of hydrogen-bond acceptors (Lipinski definition) is 4. The predicted molar refractivity (Wildman–Crippen MR) is 98.1 cm³/mol. The number of allylic oxidation sites excluding steroid dienone is 1. The van der Waals surface area contributed by atoms with Gasteiger partial charge < -0.3 is 14.0 Å². The Morgan fingerprint density at radius 3 is 2.88 bits per heavy atom. The molecule has 128 valence electrons. The van der Waals surface area contributed by atoms with E-state index in [1.54, 1.807) is 18.2 Å². The minimum Gasteiger partial charge on any atom is -0.478 e. The summed E-state index contributed by atoms with van der Waals surface area (Å²) in [6.07, 6.45) is 3.76. The van der Waals surface area contributed by atoms with Gasteiger partial charge in [-0.2, -0.15) is 5.26 Å². The van der Waals surface area contributed by atoms with Gasteiger partial charge in [-0.1, -0.05) is 18.2 Å². The molecular formula is C21H16N2O3. The molecule has 4 rings (SSSR count). The normalized spacial score (nSPS) is 14.3. The van der Waals surface area contributed by atoms with E-state index in [2.05, 4.69) is 0 Å². The molecule has 0 aliphatic carbocycles. The summed E-state index contributed by atoms with van der Waals surface area (Å²) in [7, 11) is 1.97. The van der Waals surface area contributed by atoms with Crippen molar-refractivity contribution < 1.29 is 14.3 Å². The first-order valence-electron chi connectivity index (χ1n) is 8.22. The van der Waals surface area contributed by atoms with Gasteiger partial charge in [-0.15, -0.1) is 0 Å². The molecule has 2 heterocycles. The molecule has 0 bridgehead atoms. The standard InChI is InChI=1S/C21H16N2O3/c1-13-18(25-10-9-22)8-7-16-20(24)19(26-21(13)16)11-14-12-23(2)17-6-4-3-5-15(14)17/h3-8,11-12H,10H2,1-2H3. The molecule has 2 aromatic carbocycles. The number of ketones is 1. The van der Waals surface area contributed by atoms with Crippen LogP contribution in [-0.2, 0) is 7.05 Å². The summed E-state index contributed by atoms with van der Waals surface area (Å²) in [5.74, 6) is 1.18. The largest absolute Gasteiger partial charge is 0.478 e. The van der Waals surface area contributed by atoms with Crippen molar-refractivity contribution in [3.63, 3.8) is 0 Å². The highest BCUT2D eigenvalue weighted by Gasteiger charge is 2.30. The van der Waals surface area contributed by atoms with Gasteiger partial charge in [-0.05, 0) is 31.2 Å². The summed E-state index contributed by atoms with van der Waals surface area (Å²) in [5, 5.41) is 9.74. The number of para-hydroxylation sites is 1. The highest BCUT2D eigenvalue weighted by atomic mass is 16.5. The molecular weight excluding hydrogens is 328 g/mol. The summed E-state index contributed by atoms with van der Waals surface area (Å²) < 4.78 is 13.3. The van der Waals surface area contributed by atoms with Crippen molar-refractivity contribution in [1.29, 1.82) is 5.26 Å². The maximum absolute atomic E-state index is 12.7. The predicted octanol–water partition coefficient (Wildman–Crippen LogP) is 4.01. The van der Waals surface area contributed by atoms with Crippen LogP contribution in [0.5, 0.6) is 11.5 Å². The SMILES string of the molecule is Cc1c(OCC#N)ccc2c1OC(=Cc1cn(C)c3ccccc13)C2=O.